The van der Waals surface area contributed by atoms with Crippen LogP contribution < -0.4 is 10.6 Å². The molecule has 0 bridgehead atoms. The van der Waals surface area contributed by atoms with Crippen molar-refractivity contribution in [3.63, 3.8) is 0 Å². The van der Waals surface area contributed by atoms with Gasteiger partial charge >= 0.3 is 0 Å². The maximum absolute atomic E-state index is 5.42. The summed E-state index contributed by atoms with van der Waals surface area (Å²) in [5, 5.41) is 6.95. The van der Waals surface area contributed by atoms with E-state index in [0.29, 0.717) is 0 Å². The molecule has 1 aliphatic rings. The Morgan fingerprint density at radius 3 is 3.07 bits per heavy atom. The zero-order valence-corrected chi connectivity index (χ0v) is 10.1. The zero-order valence-electron chi connectivity index (χ0n) is 10.1. The molecule has 0 saturated carbocycles. The Labute approximate surface area is 94.0 Å². The standard InChI is InChI=1S/C12H26N2O/c1-2-8-15-9-4-7-14-11-12-5-3-6-13-10-12/h12-14H,2-11H2,1H3. The molecule has 0 amide bonds. The van der Waals surface area contributed by atoms with Crippen LogP contribution in [0.4, 0.5) is 0 Å². The fraction of sp³-hybridized carbons (Fsp3) is 1.00. The van der Waals surface area contributed by atoms with Crippen molar-refractivity contribution in [1.29, 1.82) is 0 Å². The molecule has 2 N–H and O–H groups in total. The highest BCUT2D eigenvalue weighted by Gasteiger charge is 2.11. The molecule has 3 heteroatoms. The van der Waals surface area contributed by atoms with E-state index in [4.69, 9.17) is 4.74 Å². The normalized spacial score (nSPS) is 21.8. The molecule has 0 aromatic heterocycles. The molecule has 1 fully saturated rings. The Hall–Kier alpha value is -0.120. The first kappa shape index (κ1) is 12.9. The Morgan fingerprint density at radius 2 is 2.33 bits per heavy atom. The minimum absolute atomic E-state index is 0.843. The van der Waals surface area contributed by atoms with Gasteiger partial charge in [0.1, 0.15) is 0 Å². The van der Waals surface area contributed by atoms with Crippen LogP contribution in [-0.2, 0) is 4.74 Å². The predicted molar refractivity (Wildman–Crippen MR) is 64.2 cm³/mol. The lowest BCUT2D eigenvalue weighted by molar-refractivity contribution is 0.132. The van der Waals surface area contributed by atoms with Gasteiger partial charge < -0.3 is 15.4 Å². The minimum atomic E-state index is 0.843. The van der Waals surface area contributed by atoms with Gasteiger partial charge in [-0.3, -0.25) is 0 Å². The van der Waals surface area contributed by atoms with Crippen LogP contribution in [0.1, 0.15) is 32.6 Å². The molecule has 0 radical (unpaired) electrons. The van der Waals surface area contributed by atoms with Crippen molar-refractivity contribution < 1.29 is 4.74 Å². The summed E-state index contributed by atoms with van der Waals surface area (Å²) in [6, 6.07) is 0. The van der Waals surface area contributed by atoms with E-state index in [1.807, 2.05) is 0 Å². The molecule has 0 aliphatic carbocycles. The van der Waals surface area contributed by atoms with Gasteiger partial charge in [0.15, 0.2) is 0 Å². The highest BCUT2D eigenvalue weighted by molar-refractivity contribution is 4.70. The molecule has 0 spiro atoms. The maximum Gasteiger partial charge on any atom is 0.0478 e. The van der Waals surface area contributed by atoms with Gasteiger partial charge in [0.05, 0.1) is 0 Å². The second-order valence-corrected chi connectivity index (χ2v) is 4.38. The second kappa shape index (κ2) is 9.13. The Bertz CT molecular complexity index is 136. The first-order chi connectivity index (χ1) is 7.43. The lowest BCUT2D eigenvalue weighted by atomic mass is 10.00. The zero-order chi connectivity index (χ0) is 10.8. The largest absolute Gasteiger partial charge is 0.381 e. The average Bonchev–Trinajstić information content (AvgIpc) is 2.29. The maximum atomic E-state index is 5.42. The lowest BCUT2D eigenvalue weighted by Gasteiger charge is -2.22. The van der Waals surface area contributed by atoms with Gasteiger partial charge in [0.2, 0.25) is 0 Å². The molecule has 1 atom stereocenters. The Kier molecular flexibility index (Phi) is 7.88. The summed E-state index contributed by atoms with van der Waals surface area (Å²) < 4.78 is 5.42. The molecule has 0 aromatic carbocycles. The van der Waals surface area contributed by atoms with E-state index in [1.165, 1.54) is 32.5 Å². The number of ether oxygens (including phenoxy) is 1. The molecule has 1 aliphatic heterocycles. The molecule has 1 rings (SSSR count). The molecule has 3 nitrogen and oxygen atoms in total. The summed E-state index contributed by atoms with van der Waals surface area (Å²) in [5.41, 5.74) is 0. The van der Waals surface area contributed by atoms with Crippen LogP contribution in [0.15, 0.2) is 0 Å². The van der Waals surface area contributed by atoms with Crippen LogP contribution in [-0.4, -0.2) is 39.4 Å². The van der Waals surface area contributed by atoms with Gasteiger partial charge in [-0.15, -0.1) is 0 Å². The van der Waals surface area contributed by atoms with E-state index in [-0.39, 0.29) is 0 Å². The molecule has 1 saturated heterocycles. The van der Waals surface area contributed by atoms with E-state index in [0.717, 1.165) is 38.5 Å². The van der Waals surface area contributed by atoms with Crippen LogP contribution >= 0.6 is 0 Å². The van der Waals surface area contributed by atoms with E-state index in [1.54, 1.807) is 0 Å². The fourth-order valence-electron chi connectivity index (χ4n) is 1.95. The van der Waals surface area contributed by atoms with Crippen molar-refractivity contribution in [2.24, 2.45) is 5.92 Å². The average molecular weight is 214 g/mol. The molecular weight excluding hydrogens is 188 g/mol. The third-order valence-corrected chi connectivity index (χ3v) is 2.82. The highest BCUT2D eigenvalue weighted by Crippen LogP contribution is 2.07. The number of hydrogen-bond acceptors (Lipinski definition) is 3. The highest BCUT2D eigenvalue weighted by atomic mass is 16.5. The number of rotatable bonds is 8. The minimum Gasteiger partial charge on any atom is -0.381 e. The van der Waals surface area contributed by atoms with Gasteiger partial charge in [0.25, 0.3) is 0 Å². The van der Waals surface area contributed by atoms with Crippen molar-refractivity contribution in [3.05, 3.63) is 0 Å². The lowest BCUT2D eigenvalue weighted by Crippen LogP contribution is -2.36. The topological polar surface area (TPSA) is 33.3 Å². The molecule has 90 valence electrons. The van der Waals surface area contributed by atoms with Crippen molar-refractivity contribution in [2.45, 2.75) is 32.6 Å². The summed E-state index contributed by atoms with van der Waals surface area (Å²) in [6.07, 6.45) is 4.99. The quantitative estimate of drug-likeness (QED) is 0.599. The smallest absolute Gasteiger partial charge is 0.0478 e. The first-order valence-electron chi connectivity index (χ1n) is 6.42. The number of hydrogen-bond donors (Lipinski definition) is 2. The van der Waals surface area contributed by atoms with E-state index in [2.05, 4.69) is 17.6 Å². The van der Waals surface area contributed by atoms with Gasteiger partial charge in [0, 0.05) is 13.2 Å². The van der Waals surface area contributed by atoms with Crippen molar-refractivity contribution >= 4 is 0 Å². The number of nitrogens with one attached hydrogen (secondary N) is 2. The van der Waals surface area contributed by atoms with Gasteiger partial charge in [-0.2, -0.15) is 0 Å². The third kappa shape index (κ3) is 6.88. The van der Waals surface area contributed by atoms with E-state index in [9.17, 15) is 0 Å². The summed E-state index contributed by atoms with van der Waals surface area (Å²) in [4.78, 5) is 0. The van der Waals surface area contributed by atoms with Crippen LogP contribution in [0.3, 0.4) is 0 Å². The third-order valence-electron chi connectivity index (χ3n) is 2.82. The van der Waals surface area contributed by atoms with Crippen LogP contribution in [0.5, 0.6) is 0 Å². The number of piperidine rings is 1. The summed E-state index contributed by atoms with van der Waals surface area (Å²) >= 11 is 0. The monoisotopic (exact) mass is 214 g/mol. The molecule has 1 heterocycles. The molecular formula is C12H26N2O. The first-order valence-corrected chi connectivity index (χ1v) is 6.42. The summed E-state index contributed by atoms with van der Waals surface area (Å²) in [6.45, 7) is 8.63. The van der Waals surface area contributed by atoms with Gasteiger partial charge in [-0.1, -0.05) is 6.92 Å². The van der Waals surface area contributed by atoms with Gasteiger partial charge in [-0.05, 0) is 57.8 Å². The summed E-state index contributed by atoms with van der Waals surface area (Å²) in [7, 11) is 0. The van der Waals surface area contributed by atoms with Crippen LogP contribution in [0.2, 0.25) is 0 Å². The van der Waals surface area contributed by atoms with E-state index < -0.39 is 0 Å². The Morgan fingerprint density at radius 1 is 1.40 bits per heavy atom. The Balaban J connectivity index is 1.79. The molecule has 0 aromatic rings. The van der Waals surface area contributed by atoms with Crippen molar-refractivity contribution in [1.82, 2.24) is 10.6 Å². The fourth-order valence-corrected chi connectivity index (χ4v) is 1.95. The SMILES string of the molecule is CCCOCCCNCC1CCCNC1. The van der Waals surface area contributed by atoms with Crippen molar-refractivity contribution in [3.8, 4) is 0 Å². The van der Waals surface area contributed by atoms with Crippen LogP contribution in [0.25, 0.3) is 0 Å². The van der Waals surface area contributed by atoms with E-state index >= 15 is 0 Å². The summed E-state index contributed by atoms with van der Waals surface area (Å²) in [5.74, 6) is 0.843. The molecule has 1 unspecified atom stereocenters. The predicted octanol–water partition coefficient (Wildman–Crippen LogP) is 1.39. The van der Waals surface area contributed by atoms with Crippen molar-refractivity contribution in [2.75, 3.05) is 39.4 Å². The van der Waals surface area contributed by atoms with Crippen LogP contribution in [0, 0.1) is 5.92 Å². The second-order valence-electron chi connectivity index (χ2n) is 4.38. The van der Waals surface area contributed by atoms with Gasteiger partial charge in [-0.25, -0.2) is 0 Å². The molecule has 15 heavy (non-hydrogen) atoms.